The molecule has 0 amide bonds. The molecule has 0 saturated carbocycles. The first-order valence-electron chi connectivity index (χ1n) is 3.37. The molecule has 15 heavy (non-hydrogen) atoms. The van der Waals surface area contributed by atoms with Gasteiger partial charge in [-0.1, -0.05) is 42.9 Å². The van der Waals surface area contributed by atoms with Gasteiger partial charge >= 0.3 is 11.9 Å². The standard InChI is InChI=1S/C3H6O2Si.C3H4O2.C2H2Cl2/c1-2-3(4)5-6;1-2-3(4)5;1-2(3)4/h2H,1H2,6H3;2H,1H2,(H,4,5);1H2. The summed E-state index contributed by atoms with van der Waals surface area (Å²) in [6, 6.07) is 0. The zero-order valence-electron chi connectivity index (χ0n) is 8.20. The average Bonchev–Trinajstić information content (AvgIpc) is 2.16. The average molecular weight is 271 g/mol. The van der Waals surface area contributed by atoms with E-state index in [1.807, 2.05) is 0 Å². The van der Waals surface area contributed by atoms with E-state index in [1.165, 1.54) is 0 Å². The molecule has 7 heteroatoms. The molecule has 0 radical (unpaired) electrons. The van der Waals surface area contributed by atoms with E-state index in [2.05, 4.69) is 24.2 Å². The highest BCUT2D eigenvalue weighted by molar-refractivity contribution is 6.55. The van der Waals surface area contributed by atoms with Crippen LogP contribution in [0.4, 0.5) is 0 Å². The van der Waals surface area contributed by atoms with Crippen molar-refractivity contribution in [3.63, 3.8) is 0 Å². The maximum atomic E-state index is 9.88. The first-order valence-corrected chi connectivity index (χ1v) is 4.94. The lowest BCUT2D eigenvalue weighted by atomic mass is 10.7. The molecule has 0 aliphatic carbocycles. The number of carbonyl (C=O) groups excluding carboxylic acids is 1. The van der Waals surface area contributed by atoms with Gasteiger partial charge in [0.2, 0.25) is 10.5 Å². The Balaban J connectivity index is -0.000000147. The first-order chi connectivity index (χ1) is 6.81. The summed E-state index contributed by atoms with van der Waals surface area (Å²) in [7, 11) is 0.462. The van der Waals surface area contributed by atoms with Crippen molar-refractivity contribution in [2.24, 2.45) is 0 Å². The van der Waals surface area contributed by atoms with Gasteiger partial charge in [-0.05, 0) is 0 Å². The fourth-order valence-electron chi connectivity index (χ4n) is 0.0833. The summed E-state index contributed by atoms with van der Waals surface area (Å²) in [6.45, 7) is 9.23. The molecule has 0 aromatic rings. The number of carbonyl (C=O) groups is 2. The predicted molar refractivity (Wildman–Crippen MR) is 64.9 cm³/mol. The van der Waals surface area contributed by atoms with Gasteiger partial charge < -0.3 is 9.53 Å². The molecular formula is C8H12Cl2O4Si. The fourth-order valence-corrected chi connectivity index (χ4v) is 0.250. The van der Waals surface area contributed by atoms with Crippen molar-refractivity contribution in [2.75, 3.05) is 0 Å². The van der Waals surface area contributed by atoms with Gasteiger partial charge in [-0.3, -0.25) is 0 Å². The lowest BCUT2D eigenvalue weighted by Gasteiger charge is -1.84. The van der Waals surface area contributed by atoms with Gasteiger partial charge in [0.1, 0.15) is 0 Å². The van der Waals surface area contributed by atoms with Crippen LogP contribution in [0.15, 0.2) is 36.4 Å². The van der Waals surface area contributed by atoms with Gasteiger partial charge in [-0.25, -0.2) is 9.59 Å². The van der Waals surface area contributed by atoms with Crippen molar-refractivity contribution in [3.05, 3.63) is 36.4 Å². The highest BCUT2D eigenvalue weighted by Crippen LogP contribution is 1.98. The molecule has 4 nitrogen and oxygen atoms in total. The third-order valence-corrected chi connectivity index (χ3v) is 0.945. The van der Waals surface area contributed by atoms with E-state index in [1.54, 1.807) is 0 Å². The van der Waals surface area contributed by atoms with Gasteiger partial charge in [0, 0.05) is 12.2 Å². The first kappa shape index (κ1) is 19.5. The molecule has 0 rings (SSSR count). The SMILES string of the molecule is C=C(Cl)Cl.C=CC(=O)O.C=CC(=O)O[SiH3]. The Kier molecular flexibility index (Phi) is 20.1. The van der Waals surface area contributed by atoms with Crippen LogP contribution in [0, 0.1) is 0 Å². The van der Waals surface area contributed by atoms with E-state index in [0.717, 1.165) is 12.2 Å². The maximum Gasteiger partial charge on any atom is 0.327 e. The lowest BCUT2D eigenvalue weighted by molar-refractivity contribution is -0.131. The van der Waals surface area contributed by atoms with Crippen LogP contribution in [0.1, 0.15) is 0 Å². The van der Waals surface area contributed by atoms with Crippen molar-refractivity contribution in [1.29, 1.82) is 0 Å². The van der Waals surface area contributed by atoms with Gasteiger partial charge in [-0.2, -0.15) is 0 Å². The normalized spacial score (nSPS) is 6.80. The second kappa shape index (κ2) is 15.4. The predicted octanol–water partition coefficient (Wildman–Crippen LogP) is 1.19. The Morgan fingerprint density at radius 1 is 1.27 bits per heavy atom. The molecule has 86 valence electrons. The lowest BCUT2D eigenvalue weighted by Crippen LogP contribution is -1.93. The molecule has 0 saturated heterocycles. The van der Waals surface area contributed by atoms with E-state index < -0.39 is 5.97 Å². The quantitative estimate of drug-likeness (QED) is 0.605. The Morgan fingerprint density at radius 3 is 1.53 bits per heavy atom. The van der Waals surface area contributed by atoms with Crippen LogP contribution >= 0.6 is 23.2 Å². The third kappa shape index (κ3) is 63.3. The summed E-state index contributed by atoms with van der Waals surface area (Å²) in [5, 5.41) is 7.60. The zero-order chi connectivity index (χ0) is 12.9. The van der Waals surface area contributed by atoms with E-state index in [4.69, 9.17) is 28.3 Å². The van der Waals surface area contributed by atoms with Gasteiger partial charge in [0.05, 0.1) is 4.49 Å². The third-order valence-electron chi connectivity index (χ3n) is 0.542. The summed E-state index contributed by atoms with van der Waals surface area (Å²) in [5.74, 6) is -1.31. The smallest absolute Gasteiger partial charge is 0.327 e. The van der Waals surface area contributed by atoms with Gasteiger partial charge in [0.25, 0.3) is 0 Å². The Bertz CT molecular complexity index is 237. The number of aliphatic carboxylic acids is 1. The highest BCUT2D eigenvalue weighted by Gasteiger charge is 1.81. The second-order valence-corrected chi connectivity index (χ2v) is 3.12. The molecule has 0 heterocycles. The molecule has 0 atom stereocenters. The molecule has 0 bridgehead atoms. The summed E-state index contributed by atoms with van der Waals surface area (Å²) in [5.41, 5.74) is 0. The largest absolute Gasteiger partial charge is 0.526 e. The summed E-state index contributed by atoms with van der Waals surface area (Å²) < 4.78 is 4.39. The minimum absolute atomic E-state index is 0.111. The van der Waals surface area contributed by atoms with E-state index in [0.29, 0.717) is 10.5 Å². The van der Waals surface area contributed by atoms with Crippen LogP contribution in [0.5, 0.6) is 0 Å². The van der Waals surface area contributed by atoms with Crippen molar-refractivity contribution < 1.29 is 19.1 Å². The van der Waals surface area contributed by atoms with Gasteiger partial charge in [0.15, 0.2) is 0 Å². The molecule has 0 aliphatic heterocycles. The molecule has 0 aromatic carbocycles. The molecule has 0 aliphatic rings. The summed E-state index contributed by atoms with van der Waals surface area (Å²) >= 11 is 9.69. The minimum atomic E-state index is -0.981. The maximum absolute atomic E-state index is 9.88. The number of hydrogen-bond donors (Lipinski definition) is 1. The van der Waals surface area contributed by atoms with Crippen molar-refractivity contribution >= 4 is 45.6 Å². The van der Waals surface area contributed by atoms with Crippen LogP contribution in [-0.2, 0) is 14.0 Å². The topological polar surface area (TPSA) is 63.6 Å². The number of carboxylic acids is 1. The molecule has 1 N–H and O–H groups in total. The monoisotopic (exact) mass is 270 g/mol. The van der Waals surface area contributed by atoms with Crippen LogP contribution in [-0.4, -0.2) is 27.5 Å². The van der Waals surface area contributed by atoms with Crippen LogP contribution in [0.2, 0.25) is 0 Å². The number of halogens is 2. The minimum Gasteiger partial charge on any atom is -0.526 e. The van der Waals surface area contributed by atoms with Crippen LogP contribution in [0.3, 0.4) is 0 Å². The molecule has 0 aromatic heterocycles. The van der Waals surface area contributed by atoms with Crippen molar-refractivity contribution in [1.82, 2.24) is 0 Å². The number of carboxylic acid groups (broad SMARTS) is 1. The molecular weight excluding hydrogens is 259 g/mol. The van der Waals surface area contributed by atoms with E-state index in [-0.39, 0.29) is 10.5 Å². The molecule has 0 unspecified atom stereocenters. The van der Waals surface area contributed by atoms with Crippen molar-refractivity contribution in [3.8, 4) is 0 Å². The Hall–Kier alpha value is -1.04. The highest BCUT2D eigenvalue weighted by atomic mass is 35.5. The fraction of sp³-hybridized carbons (Fsp3) is 0. The number of rotatable bonds is 2. The van der Waals surface area contributed by atoms with E-state index in [9.17, 15) is 9.59 Å². The zero-order valence-corrected chi connectivity index (χ0v) is 11.7. The van der Waals surface area contributed by atoms with Crippen LogP contribution in [0.25, 0.3) is 0 Å². The molecule has 0 spiro atoms. The van der Waals surface area contributed by atoms with Gasteiger partial charge in [-0.15, -0.1) is 0 Å². The van der Waals surface area contributed by atoms with Crippen molar-refractivity contribution in [2.45, 2.75) is 0 Å². The van der Waals surface area contributed by atoms with E-state index >= 15 is 0 Å². The molecule has 0 fully saturated rings. The Morgan fingerprint density at radius 2 is 1.53 bits per heavy atom. The summed E-state index contributed by atoms with van der Waals surface area (Å²) in [6.07, 6.45) is 1.98. The Labute approximate surface area is 101 Å². The van der Waals surface area contributed by atoms with Crippen LogP contribution < -0.4 is 0 Å². The summed E-state index contributed by atoms with van der Waals surface area (Å²) in [4.78, 5) is 19.1. The number of hydrogen-bond acceptors (Lipinski definition) is 3. The second-order valence-electron chi connectivity index (χ2n) is 1.61.